The number of H-pyrrole nitrogens is 1. The molecule has 1 unspecified atom stereocenters. The summed E-state index contributed by atoms with van der Waals surface area (Å²) < 4.78 is 10.9. The summed E-state index contributed by atoms with van der Waals surface area (Å²) in [7, 11) is 0. The second kappa shape index (κ2) is 11.7. The molecule has 0 aliphatic heterocycles. The monoisotopic (exact) mass is 487 g/mol. The van der Waals surface area contributed by atoms with Crippen LogP contribution in [0.2, 0.25) is 0 Å². The molecule has 2 heterocycles. The normalized spacial score (nSPS) is 12.7. The number of aliphatic hydroxyl groups excluding tert-OH is 1. The Morgan fingerprint density at radius 2 is 1.85 bits per heavy atom. The van der Waals surface area contributed by atoms with Crippen molar-refractivity contribution >= 4 is 27.5 Å². The van der Waals surface area contributed by atoms with Crippen LogP contribution in [-0.4, -0.2) is 57.4 Å². The van der Waals surface area contributed by atoms with Gasteiger partial charge in [-0.05, 0) is 45.7 Å². The lowest BCUT2D eigenvalue weighted by molar-refractivity contribution is -0.0109. The molecule has 8 nitrogen and oxygen atoms in total. The number of carbonyl (C=O) groups is 1. The van der Waals surface area contributed by atoms with E-state index in [0.717, 1.165) is 5.56 Å². The molecule has 2 N–H and O–H groups in total. The molecule has 2 aromatic heterocycles. The number of hydrogen-bond donors (Lipinski definition) is 2. The highest BCUT2D eigenvalue weighted by Gasteiger charge is 2.22. The van der Waals surface area contributed by atoms with Gasteiger partial charge in [0.05, 0.1) is 36.8 Å². The van der Waals surface area contributed by atoms with Gasteiger partial charge < -0.3 is 19.6 Å². The van der Waals surface area contributed by atoms with E-state index in [9.17, 15) is 14.7 Å². The van der Waals surface area contributed by atoms with Crippen molar-refractivity contribution in [3.63, 3.8) is 0 Å². The molecule has 3 rings (SSSR count). The van der Waals surface area contributed by atoms with Gasteiger partial charge >= 0.3 is 5.97 Å². The first kappa shape index (κ1) is 26.0. The fraction of sp³-hybridized carbons (Fsp3) is 0.480. The van der Waals surface area contributed by atoms with Crippen LogP contribution >= 0.6 is 11.3 Å². The van der Waals surface area contributed by atoms with Gasteiger partial charge in [0, 0.05) is 13.1 Å². The Hall–Kier alpha value is -2.59. The highest BCUT2D eigenvalue weighted by molar-refractivity contribution is 7.20. The van der Waals surface area contributed by atoms with Crippen molar-refractivity contribution in [3.8, 4) is 0 Å². The molecule has 0 fully saturated rings. The maximum atomic E-state index is 12.9. The average molecular weight is 488 g/mol. The number of nitrogens with one attached hydrogen (secondary N) is 1. The predicted molar refractivity (Wildman–Crippen MR) is 133 cm³/mol. The molecular weight excluding hydrogens is 454 g/mol. The van der Waals surface area contributed by atoms with E-state index in [1.54, 1.807) is 20.8 Å². The number of aromatic amines is 1. The van der Waals surface area contributed by atoms with Crippen LogP contribution in [0.25, 0.3) is 10.2 Å². The molecule has 9 heteroatoms. The molecule has 1 atom stereocenters. The van der Waals surface area contributed by atoms with Gasteiger partial charge in [-0.15, -0.1) is 11.3 Å². The second-order valence-corrected chi connectivity index (χ2v) is 9.89. The summed E-state index contributed by atoms with van der Waals surface area (Å²) in [5, 5.41) is 10.9. The van der Waals surface area contributed by atoms with Crippen molar-refractivity contribution in [1.29, 1.82) is 0 Å². The van der Waals surface area contributed by atoms with Gasteiger partial charge in [0.25, 0.3) is 5.56 Å². The summed E-state index contributed by atoms with van der Waals surface area (Å²) in [6, 6.07) is 9.90. The van der Waals surface area contributed by atoms with Crippen molar-refractivity contribution in [1.82, 2.24) is 14.9 Å². The average Bonchev–Trinajstić information content (AvgIpc) is 3.09. The van der Waals surface area contributed by atoms with E-state index < -0.39 is 12.1 Å². The summed E-state index contributed by atoms with van der Waals surface area (Å²) in [6.07, 6.45) is -0.921. The van der Waals surface area contributed by atoms with Gasteiger partial charge in [-0.3, -0.25) is 9.69 Å². The lowest BCUT2D eigenvalue weighted by Crippen LogP contribution is -2.35. The Bertz CT molecular complexity index is 1160. The van der Waals surface area contributed by atoms with Crippen LogP contribution in [0, 0.1) is 6.92 Å². The number of benzene rings is 1. The molecule has 0 amide bonds. The molecular formula is C25H33N3O5S. The molecule has 0 bridgehead atoms. The Morgan fingerprint density at radius 3 is 2.50 bits per heavy atom. The molecule has 34 heavy (non-hydrogen) atoms. The molecule has 0 spiro atoms. The number of aromatic nitrogens is 2. The van der Waals surface area contributed by atoms with Crippen LogP contribution in [0.3, 0.4) is 0 Å². The van der Waals surface area contributed by atoms with E-state index in [2.05, 4.69) is 9.97 Å². The van der Waals surface area contributed by atoms with E-state index in [1.165, 1.54) is 11.3 Å². The smallest absolute Gasteiger partial charge is 0.348 e. The third kappa shape index (κ3) is 6.96. The predicted octanol–water partition coefficient (Wildman–Crippen LogP) is 3.65. The molecule has 1 aromatic carbocycles. The molecule has 0 saturated heterocycles. The molecule has 0 radical (unpaired) electrons. The van der Waals surface area contributed by atoms with Crippen LogP contribution < -0.4 is 5.56 Å². The largest absolute Gasteiger partial charge is 0.459 e. The van der Waals surface area contributed by atoms with Crippen molar-refractivity contribution < 1.29 is 19.4 Å². The Balaban J connectivity index is 1.86. The van der Waals surface area contributed by atoms with Crippen LogP contribution in [0.4, 0.5) is 0 Å². The second-order valence-electron chi connectivity index (χ2n) is 8.89. The lowest BCUT2D eigenvalue weighted by Gasteiger charge is -2.25. The summed E-state index contributed by atoms with van der Waals surface area (Å²) >= 11 is 1.17. The van der Waals surface area contributed by atoms with Gasteiger partial charge in [0.15, 0.2) is 0 Å². The Kier molecular flexibility index (Phi) is 8.96. The van der Waals surface area contributed by atoms with Crippen molar-refractivity contribution in [2.45, 2.75) is 66.0 Å². The number of aliphatic hydroxyl groups is 1. The first-order chi connectivity index (χ1) is 16.1. The van der Waals surface area contributed by atoms with Gasteiger partial charge in [-0.1, -0.05) is 30.3 Å². The minimum Gasteiger partial charge on any atom is -0.459 e. The Morgan fingerprint density at radius 1 is 1.15 bits per heavy atom. The minimum atomic E-state index is -0.692. The zero-order valence-electron chi connectivity index (χ0n) is 20.3. The van der Waals surface area contributed by atoms with E-state index in [4.69, 9.17) is 9.47 Å². The van der Waals surface area contributed by atoms with Crippen molar-refractivity contribution in [3.05, 3.63) is 62.5 Å². The molecule has 184 valence electrons. The molecule has 0 aliphatic carbocycles. The number of nitrogens with zero attached hydrogens (tertiary/aromatic N) is 2. The fourth-order valence-corrected chi connectivity index (χ4v) is 4.70. The van der Waals surface area contributed by atoms with E-state index in [1.807, 2.05) is 49.1 Å². The van der Waals surface area contributed by atoms with E-state index >= 15 is 0 Å². The van der Waals surface area contributed by atoms with E-state index in [0.29, 0.717) is 46.1 Å². The number of hydrogen-bond acceptors (Lipinski definition) is 8. The van der Waals surface area contributed by atoms with Gasteiger partial charge in [0.2, 0.25) is 0 Å². The number of carbonyl (C=O) groups excluding carboxylic acids is 1. The minimum absolute atomic E-state index is 0.0244. The van der Waals surface area contributed by atoms with Gasteiger partial charge in [0.1, 0.15) is 15.5 Å². The van der Waals surface area contributed by atoms with Crippen LogP contribution in [-0.2, 0) is 22.6 Å². The number of fused-ring (bicyclic) bond motifs is 1. The first-order valence-electron chi connectivity index (χ1n) is 11.4. The van der Waals surface area contributed by atoms with Crippen molar-refractivity contribution in [2.24, 2.45) is 0 Å². The summed E-state index contributed by atoms with van der Waals surface area (Å²) in [5.41, 5.74) is 1.36. The van der Waals surface area contributed by atoms with Crippen LogP contribution in [0.15, 0.2) is 35.1 Å². The van der Waals surface area contributed by atoms with Gasteiger partial charge in [-0.25, -0.2) is 9.78 Å². The third-order valence-corrected chi connectivity index (χ3v) is 6.26. The maximum Gasteiger partial charge on any atom is 0.348 e. The topological polar surface area (TPSA) is 105 Å². The van der Waals surface area contributed by atoms with E-state index in [-0.39, 0.29) is 24.4 Å². The number of ether oxygens (including phenoxy) is 2. The number of rotatable bonds is 11. The highest BCUT2D eigenvalue weighted by Crippen LogP contribution is 2.28. The van der Waals surface area contributed by atoms with Crippen molar-refractivity contribution in [2.75, 3.05) is 13.2 Å². The summed E-state index contributed by atoms with van der Waals surface area (Å²) in [4.78, 5) is 35.7. The van der Waals surface area contributed by atoms with Gasteiger partial charge in [-0.2, -0.15) is 0 Å². The first-order valence-corrected chi connectivity index (χ1v) is 12.2. The zero-order chi connectivity index (χ0) is 24.8. The molecule has 0 saturated carbocycles. The quantitative estimate of drug-likeness (QED) is 0.398. The lowest BCUT2D eigenvalue weighted by atomic mass is 10.2. The number of aryl methyl sites for hydroxylation is 1. The number of thiophene rings is 1. The standard InChI is InChI=1S/C25H33N3O5S/c1-15(2)32-14-19(29)12-28(11-18-9-7-6-8-10-18)13-20-26-23(30)21-17(5)22(34-24(21)27-20)25(31)33-16(3)4/h6-10,15-16,19,29H,11-14H2,1-5H3,(H,26,27,30). The van der Waals surface area contributed by atoms with Crippen LogP contribution in [0.1, 0.15) is 54.3 Å². The fourth-order valence-electron chi connectivity index (χ4n) is 3.62. The molecule has 3 aromatic rings. The summed E-state index contributed by atoms with van der Waals surface area (Å²) in [6.45, 7) is 10.6. The third-order valence-electron chi connectivity index (χ3n) is 5.09. The van der Waals surface area contributed by atoms with Crippen LogP contribution in [0.5, 0.6) is 0 Å². The summed E-state index contributed by atoms with van der Waals surface area (Å²) in [5.74, 6) is 0.0193. The number of esters is 1. The highest BCUT2D eigenvalue weighted by atomic mass is 32.1. The Labute approximate surface area is 203 Å². The zero-order valence-corrected chi connectivity index (χ0v) is 21.1. The molecule has 0 aliphatic rings. The maximum absolute atomic E-state index is 12.9. The SMILES string of the molecule is Cc1c(C(=O)OC(C)C)sc2nc(CN(Cc3ccccc3)CC(O)COC(C)C)[nH]c(=O)c12.